The van der Waals surface area contributed by atoms with E-state index in [4.69, 9.17) is 16.5 Å². The molecule has 118 valence electrons. The summed E-state index contributed by atoms with van der Waals surface area (Å²) in [5.41, 5.74) is 15.4. The standard InChI is InChI=1S/C17H30N4/c1-15(2)11-20-9-13(14(15)18)10-21-12-16-3-6-17(19,7-4-16)8-5-16/h10,20H,3-9,11-12,18-19H2,1-2H3. The largest absolute Gasteiger partial charge is 0.401 e. The summed E-state index contributed by atoms with van der Waals surface area (Å²) in [6.45, 7) is 7.10. The fraction of sp³-hybridized carbons (Fsp3) is 0.824. The SMILES string of the molecule is CC1(C)CNCC(C=NCC23CCC(N)(CC2)CC3)=C1N. The van der Waals surface area contributed by atoms with E-state index in [0.29, 0.717) is 5.41 Å². The summed E-state index contributed by atoms with van der Waals surface area (Å²) < 4.78 is 0. The van der Waals surface area contributed by atoms with E-state index in [-0.39, 0.29) is 11.0 Å². The Morgan fingerprint density at radius 1 is 1.14 bits per heavy atom. The molecule has 0 aromatic heterocycles. The molecular weight excluding hydrogens is 260 g/mol. The zero-order valence-corrected chi connectivity index (χ0v) is 13.5. The number of hydrogen-bond donors (Lipinski definition) is 3. The van der Waals surface area contributed by atoms with E-state index in [2.05, 4.69) is 19.2 Å². The number of aliphatic imine (C=N–C) groups is 1. The minimum Gasteiger partial charge on any atom is -0.401 e. The quantitative estimate of drug-likeness (QED) is 0.695. The molecule has 0 radical (unpaired) electrons. The van der Waals surface area contributed by atoms with Gasteiger partial charge in [-0.1, -0.05) is 13.8 Å². The summed E-state index contributed by atoms with van der Waals surface area (Å²) in [5.74, 6) is 0. The highest BCUT2D eigenvalue weighted by atomic mass is 14.9. The minimum absolute atomic E-state index is 0.0344. The van der Waals surface area contributed by atoms with Crippen LogP contribution >= 0.6 is 0 Å². The van der Waals surface area contributed by atoms with Crippen LogP contribution in [-0.4, -0.2) is 31.4 Å². The number of nitrogens with one attached hydrogen (secondary N) is 1. The van der Waals surface area contributed by atoms with Crippen LogP contribution in [0.4, 0.5) is 0 Å². The highest BCUT2D eigenvalue weighted by Crippen LogP contribution is 2.51. The monoisotopic (exact) mass is 290 g/mol. The zero-order chi connectivity index (χ0) is 15.1. The highest BCUT2D eigenvalue weighted by molar-refractivity contribution is 5.80. The van der Waals surface area contributed by atoms with Crippen molar-refractivity contribution in [2.45, 2.75) is 57.9 Å². The predicted molar refractivity (Wildman–Crippen MR) is 88.3 cm³/mol. The summed E-state index contributed by atoms with van der Waals surface area (Å²) in [4.78, 5) is 4.78. The average molecular weight is 290 g/mol. The molecule has 4 rings (SSSR count). The minimum atomic E-state index is 0.0344. The summed E-state index contributed by atoms with van der Waals surface area (Å²) in [6.07, 6.45) is 9.32. The molecule has 0 spiro atoms. The summed E-state index contributed by atoms with van der Waals surface area (Å²) in [5, 5.41) is 3.43. The van der Waals surface area contributed by atoms with Gasteiger partial charge < -0.3 is 16.8 Å². The fourth-order valence-corrected chi connectivity index (χ4v) is 4.13. The third-order valence-electron chi connectivity index (χ3n) is 6.09. The maximum absolute atomic E-state index is 6.38. The number of rotatable bonds is 3. The van der Waals surface area contributed by atoms with Crippen molar-refractivity contribution in [2.75, 3.05) is 19.6 Å². The lowest BCUT2D eigenvalue weighted by Crippen LogP contribution is -2.52. The second-order valence-electron chi connectivity index (χ2n) is 8.26. The van der Waals surface area contributed by atoms with Crippen molar-refractivity contribution in [2.24, 2.45) is 27.3 Å². The van der Waals surface area contributed by atoms with Crippen LogP contribution in [0.1, 0.15) is 52.4 Å². The first-order valence-electron chi connectivity index (χ1n) is 8.33. The molecule has 4 aliphatic rings. The summed E-state index contributed by atoms with van der Waals surface area (Å²) in [6, 6.07) is 0. The Bertz CT molecular complexity index is 451. The Morgan fingerprint density at radius 3 is 2.38 bits per heavy atom. The molecule has 0 saturated heterocycles. The van der Waals surface area contributed by atoms with Crippen LogP contribution in [0.25, 0.3) is 0 Å². The van der Waals surface area contributed by atoms with E-state index in [1.807, 2.05) is 6.21 Å². The third kappa shape index (κ3) is 2.88. The van der Waals surface area contributed by atoms with Crippen LogP contribution in [-0.2, 0) is 0 Å². The lowest BCUT2D eigenvalue weighted by molar-refractivity contribution is 0.0527. The van der Waals surface area contributed by atoms with Crippen molar-refractivity contribution in [3.8, 4) is 0 Å². The summed E-state index contributed by atoms with van der Waals surface area (Å²) in [7, 11) is 0. The Hall–Kier alpha value is -0.870. The number of nitrogens with two attached hydrogens (primary N) is 2. The predicted octanol–water partition coefficient (Wildman–Crippen LogP) is 1.95. The third-order valence-corrected chi connectivity index (χ3v) is 6.09. The van der Waals surface area contributed by atoms with Gasteiger partial charge >= 0.3 is 0 Å². The van der Waals surface area contributed by atoms with Gasteiger partial charge in [0.2, 0.25) is 0 Å². The Labute approximate surface area is 128 Å². The van der Waals surface area contributed by atoms with E-state index in [0.717, 1.165) is 25.3 Å². The number of nitrogens with zero attached hydrogens (tertiary/aromatic N) is 1. The molecule has 1 aliphatic heterocycles. The van der Waals surface area contributed by atoms with E-state index >= 15 is 0 Å². The topological polar surface area (TPSA) is 76.4 Å². The van der Waals surface area contributed by atoms with Crippen molar-refractivity contribution in [1.29, 1.82) is 0 Å². The molecule has 3 saturated carbocycles. The molecular formula is C17H30N4. The first kappa shape index (κ1) is 15.0. The molecule has 0 amide bonds. The van der Waals surface area contributed by atoms with Crippen molar-refractivity contribution >= 4 is 6.21 Å². The van der Waals surface area contributed by atoms with Crippen molar-refractivity contribution < 1.29 is 0 Å². The molecule has 0 aromatic carbocycles. The normalized spacial score (nSPS) is 39.2. The van der Waals surface area contributed by atoms with Crippen molar-refractivity contribution in [3.63, 3.8) is 0 Å². The van der Waals surface area contributed by atoms with Crippen LogP contribution in [0.5, 0.6) is 0 Å². The van der Waals surface area contributed by atoms with Crippen LogP contribution in [0.3, 0.4) is 0 Å². The molecule has 0 atom stereocenters. The van der Waals surface area contributed by atoms with Gasteiger partial charge in [-0.15, -0.1) is 0 Å². The first-order valence-corrected chi connectivity index (χ1v) is 8.33. The van der Waals surface area contributed by atoms with Gasteiger partial charge in [0.05, 0.1) is 0 Å². The van der Waals surface area contributed by atoms with E-state index < -0.39 is 0 Å². The maximum atomic E-state index is 6.38. The van der Waals surface area contributed by atoms with E-state index in [1.165, 1.54) is 44.1 Å². The molecule has 3 fully saturated rings. The van der Waals surface area contributed by atoms with Gasteiger partial charge in [-0.3, -0.25) is 4.99 Å². The molecule has 21 heavy (non-hydrogen) atoms. The number of hydrogen-bond acceptors (Lipinski definition) is 4. The van der Waals surface area contributed by atoms with Crippen molar-refractivity contribution in [3.05, 3.63) is 11.3 Å². The molecule has 2 bridgehead atoms. The second kappa shape index (κ2) is 5.10. The van der Waals surface area contributed by atoms with E-state index in [1.54, 1.807) is 0 Å². The zero-order valence-electron chi connectivity index (χ0n) is 13.5. The molecule has 1 heterocycles. The van der Waals surface area contributed by atoms with Crippen LogP contribution in [0.2, 0.25) is 0 Å². The van der Waals surface area contributed by atoms with Crippen molar-refractivity contribution in [1.82, 2.24) is 5.32 Å². The van der Waals surface area contributed by atoms with E-state index in [9.17, 15) is 0 Å². The number of fused-ring (bicyclic) bond motifs is 3. The van der Waals surface area contributed by atoms with Crippen LogP contribution in [0.15, 0.2) is 16.3 Å². The van der Waals surface area contributed by atoms with Crippen LogP contribution < -0.4 is 16.8 Å². The van der Waals surface area contributed by atoms with Gasteiger partial charge in [-0.25, -0.2) is 0 Å². The molecule has 3 aliphatic carbocycles. The first-order chi connectivity index (χ1) is 9.84. The molecule has 0 unspecified atom stereocenters. The van der Waals surface area contributed by atoms with Crippen LogP contribution in [0, 0.1) is 10.8 Å². The second-order valence-corrected chi connectivity index (χ2v) is 8.26. The molecule has 0 aromatic rings. The Kier molecular flexibility index (Phi) is 3.65. The lowest BCUT2D eigenvalue weighted by atomic mass is 9.57. The lowest BCUT2D eigenvalue weighted by Gasteiger charge is -2.51. The van der Waals surface area contributed by atoms with Gasteiger partial charge in [0.25, 0.3) is 0 Å². The molecule has 5 N–H and O–H groups in total. The summed E-state index contributed by atoms with van der Waals surface area (Å²) >= 11 is 0. The molecule has 4 heteroatoms. The Balaban J connectivity index is 1.65. The van der Waals surface area contributed by atoms with Gasteiger partial charge in [-0.05, 0) is 43.9 Å². The molecule has 4 nitrogen and oxygen atoms in total. The maximum Gasteiger partial charge on any atom is 0.0445 e. The highest BCUT2D eigenvalue weighted by Gasteiger charge is 2.46. The fourth-order valence-electron chi connectivity index (χ4n) is 4.13. The van der Waals surface area contributed by atoms with Gasteiger partial charge in [0.1, 0.15) is 0 Å². The Morgan fingerprint density at radius 2 is 1.76 bits per heavy atom. The van der Waals surface area contributed by atoms with Gasteiger partial charge in [0.15, 0.2) is 0 Å². The smallest absolute Gasteiger partial charge is 0.0445 e. The average Bonchev–Trinajstić information content (AvgIpc) is 2.45. The van der Waals surface area contributed by atoms with Gasteiger partial charge in [-0.2, -0.15) is 0 Å². The van der Waals surface area contributed by atoms with Gasteiger partial charge in [0, 0.05) is 48.1 Å².